The lowest BCUT2D eigenvalue weighted by atomic mass is 10.2. The third-order valence-corrected chi connectivity index (χ3v) is 6.85. The number of unbranched alkanes of at least 4 members (excludes halogenated alkanes) is 2. The maximum atomic E-state index is 12.7. The van der Waals surface area contributed by atoms with Crippen molar-refractivity contribution >= 4 is 36.9 Å². The van der Waals surface area contributed by atoms with Crippen LogP contribution in [0.4, 0.5) is 17.1 Å². The van der Waals surface area contributed by atoms with Crippen LogP contribution in [0.2, 0.25) is 0 Å². The van der Waals surface area contributed by atoms with Crippen molar-refractivity contribution in [3.63, 3.8) is 0 Å². The van der Waals surface area contributed by atoms with Crippen LogP contribution in [0.3, 0.4) is 0 Å². The number of benzene rings is 1. The van der Waals surface area contributed by atoms with E-state index in [1.807, 2.05) is 6.92 Å². The second-order valence-corrected chi connectivity index (χ2v) is 9.90. The summed E-state index contributed by atoms with van der Waals surface area (Å²) < 4.78 is 54.3. The molecule has 0 fully saturated rings. The van der Waals surface area contributed by atoms with Crippen LogP contribution in [-0.4, -0.2) is 42.1 Å². The Hall–Kier alpha value is -2.18. The number of ether oxygens (including phenoxy) is 1. The molecule has 0 radical (unpaired) electrons. The minimum atomic E-state index is -3.77. The fourth-order valence-electron chi connectivity index (χ4n) is 2.32. The van der Waals surface area contributed by atoms with E-state index in [1.54, 1.807) is 0 Å². The molecule has 28 heavy (non-hydrogen) atoms. The van der Waals surface area contributed by atoms with E-state index in [0.717, 1.165) is 18.9 Å². The number of nitrogens with one attached hydrogen (secondary N) is 2. The number of hydrazine groups is 1. The maximum Gasteiger partial charge on any atom is 0.228 e. The summed E-state index contributed by atoms with van der Waals surface area (Å²) in [6.45, 7) is 16.5. The molecule has 0 aliphatic rings. The molecule has 11 heteroatoms. The van der Waals surface area contributed by atoms with Gasteiger partial charge in [-0.15, -0.1) is 4.83 Å². The summed E-state index contributed by atoms with van der Waals surface area (Å²) in [6, 6.07) is 2.29. The first-order chi connectivity index (χ1) is 13.2. The number of methoxy groups -OCH3 is 1. The molecule has 9 nitrogen and oxygen atoms in total. The van der Waals surface area contributed by atoms with Crippen LogP contribution in [0.1, 0.15) is 32.6 Å². The largest absolute Gasteiger partial charge is 0.385 e. The van der Waals surface area contributed by atoms with Gasteiger partial charge in [-0.25, -0.2) is 16.8 Å². The smallest absolute Gasteiger partial charge is 0.228 e. The lowest BCUT2D eigenvalue weighted by molar-refractivity contribution is 0.199. The average Bonchev–Trinajstić information content (AvgIpc) is 2.65. The van der Waals surface area contributed by atoms with E-state index in [0.29, 0.717) is 6.42 Å². The molecule has 0 heterocycles. The zero-order valence-electron chi connectivity index (χ0n) is 15.9. The van der Waals surface area contributed by atoms with E-state index in [4.69, 9.17) is 17.9 Å². The van der Waals surface area contributed by atoms with Gasteiger partial charge in [0.05, 0.1) is 35.2 Å². The predicted molar refractivity (Wildman–Crippen MR) is 108 cm³/mol. The third-order valence-electron chi connectivity index (χ3n) is 3.77. The standard InChI is InChI=1S/C17H24N4O5S2/c1-5-6-7-10-27(22,23)17-13-15(19-3)14(18-2)12-16(17)20-21-28(24,25)11-8-9-26-4/h12-13,20-21H,5-11H2,1,4H3. The summed E-state index contributed by atoms with van der Waals surface area (Å²) in [5.41, 5.74) is 2.15. The minimum absolute atomic E-state index is 0.0661. The van der Waals surface area contributed by atoms with Crippen LogP contribution in [-0.2, 0) is 24.6 Å². The Balaban J connectivity index is 3.22. The van der Waals surface area contributed by atoms with Gasteiger partial charge in [0.15, 0.2) is 21.2 Å². The molecule has 1 rings (SSSR count). The van der Waals surface area contributed by atoms with E-state index < -0.39 is 19.9 Å². The van der Waals surface area contributed by atoms with Gasteiger partial charge in [0.2, 0.25) is 10.0 Å². The van der Waals surface area contributed by atoms with E-state index in [1.165, 1.54) is 13.2 Å². The Morgan fingerprint density at radius 2 is 1.64 bits per heavy atom. The van der Waals surface area contributed by atoms with Gasteiger partial charge in [-0.05, 0) is 25.0 Å². The van der Waals surface area contributed by atoms with Crippen molar-refractivity contribution in [3.8, 4) is 0 Å². The van der Waals surface area contributed by atoms with E-state index in [9.17, 15) is 16.8 Å². The van der Waals surface area contributed by atoms with Crippen molar-refractivity contribution in [2.45, 2.75) is 37.5 Å². The molecule has 1 aromatic carbocycles. The van der Waals surface area contributed by atoms with Crippen LogP contribution < -0.4 is 10.3 Å². The number of hydrogen-bond acceptors (Lipinski definition) is 6. The van der Waals surface area contributed by atoms with Gasteiger partial charge in [0.1, 0.15) is 0 Å². The normalized spacial score (nSPS) is 11.6. The Morgan fingerprint density at radius 3 is 2.21 bits per heavy atom. The van der Waals surface area contributed by atoms with Crippen LogP contribution in [0, 0.1) is 13.1 Å². The van der Waals surface area contributed by atoms with Crippen LogP contribution >= 0.6 is 0 Å². The van der Waals surface area contributed by atoms with Gasteiger partial charge in [-0.3, -0.25) is 9.69 Å². The second kappa shape index (κ2) is 11.0. The zero-order chi connectivity index (χ0) is 21.2. The van der Waals surface area contributed by atoms with Crippen LogP contribution in [0.25, 0.3) is 9.69 Å². The Labute approximate surface area is 166 Å². The molecule has 0 aromatic heterocycles. The molecule has 2 N–H and O–H groups in total. The molecule has 0 saturated heterocycles. The molecule has 0 bridgehead atoms. The lowest BCUT2D eigenvalue weighted by Gasteiger charge is -2.15. The molecule has 0 unspecified atom stereocenters. The minimum Gasteiger partial charge on any atom is -0.385 e. The summed E-state index contributed by atoms with van der Waals surface area (Å²) in [5.74, 6) is -0.354. The summed E-state index contributed by atoms with van der Waals surface area (Å²) in [7, 11) is -6.06. The van der Waals surface area contributed by atoms with Crippen molar-refractivity contribution in [2.24, 2.45) is 0 Å². The molecule has 1 aromatic rings. The molecule has 0 amide bonds. The summed E-state index contributed by atoms with van der Waals surface area (Å²) in [6.07, 6.45) is 2.27. The highest BCUT2D eigenvalue weighted by Gasteiger charge is 2.22. The Kier molecular flexibility index (Phi) is 9.35. The quantitative estimate of drug-likeness (QED) is 0.301. The first-order valence-corrected chi connectivity index (χ1v) is 11.9. The lowest BCUT2D eigenvalue weighted by Crippen LogP contribution is -2.32. The number of sulfone groups is 1. The first kappa shape index (κ1) is 23.9. The SMILES string of the molecule is [C-]#[N+]c1cc(NNS(=O)(=O)CCCOC)c(S(=O)(=O)CCCCC)cc1[N+]#[C-]. The molecule has 0 aliphatic heterocycles. The van der Waals surface area contributed by atoms with Gasteiger partial charge >= 0.3 is 0 Å². The van der Waals surface area contributed by atoms with Crippen molar-refractivity contribution < 1.29 is 21.6 Å². The number of anilines is 1. The fraction of sp³-hybridized carbons (Fsp3) is 0.529. The Morgan fingerprint density at radius 1 is 1.00 bits per heavy atom. The predicted octanol–water partition coefficient (Wildman–Crippen LogP) is 3.03. The molecular weight excluding hydrogens is 404 g/mol. The molecule has 0 aliphatic carbocycles. The summed E-state index contributed by atoms with van der Waals surface area (Å²) in [5, 5.41) is 0. The molecule has 154 valence electrons. The summed E-state index contributed by atoms with van der Waals surface area (Å²) >= 11 is 0. The molecule has 0 atom stereocenters. The van der Waals surface area contributed by atoms with Gasteiger partial charge in [-0.2, -0.15) is 0 Å². The van der Waals surface area contributed by atoms with Gasteiger partial charge in [-0.1, -0.05) is 19.8 Å². The van der Waals surface area contributed by atoms with E-state index in [2.05, 4.69) is 19.9 Å². The number of rotatable bonds is 12. The van der Waals surface area contributed by atoms with Crippen molar-refractivity contribution in [2.75, 3.05) is 30.6 Å². The van der Waals surface area contributed by atoms with Crippen LogP contribution in [0.15, 0.2) is 17.0 Å². The molecule has 0 saturated carbocycles. The number of sulfonamides is 1. The highest BCUT2D eigenvalue weighted by Crippen LogP contribution is 2.37. The fourth-order valence-corrected chi connectivity index (χ4v) is 4.73. The van der Waals surface area contributed by atoms with Gasteiger partial charge in [0.25, 0.3) is 0 Å². The van der Waals surface area contributed by atoms with Crippen molar-refractivity contribution in [1.82, 2.24) is 4.83 Å². The molecule has 0 spiro atoms. The van der Waals surface area contributed by atoms with Gasteiger partial charge in [0, 0.05) is 13.7 Å². The Bertz CT molecular complexity index is 960. The third kappa shape index (κ3) is 7.09. The highest BCUT2D eigenvalue weighted by atomic mass is 32.2. The first-order valence-electron chi connectivity index (χ1n) is 8.61. The van der Waals surface area contributed by atoms with Crippen molar-refractivity contribution in [1.29, 1.82) is 0 Å². The number of nitrogens with zero attached hydrogens (tertiary/aromatic N) is 2. The van der Waals surface area contributed by atoms with E-state index >= 15 is 0 Å². The van der Waals surface area contributed by atoms with E-state index in [-0.39, 0.29) is 46.5 Å². The highest BCUT2D eigenvalue weighted by molar-refractivity contribution is 7.91. The zero-order valence-corrected chi connectivity index (χ0v) is 17.5. The second-order valence-electron chi connectivity index (χ2n) is 5.98. The monoisotopic (exact) mass is 428 g/mol. The number of hydrogen-bond donors (Lipinski definition) is 2. The van der Waals surface area contributed by atoms with Crippen LogP contribution in [0.5, 0.6) is 0 Å². The summed E-state index contributed by atoms with van der Waals surface area (Å²) in [4.78, 5) is 8.33. The van der Waals surface area contributed by atoms with Crippen molar-refractivity contribution in [3.05, 3.63) is 35.0 Å². The average molecular weight is 429 g/mol. The maximum absolute atomic E-state index is 12.7. The molecular formula is C17H24N4O5S2. The van der Waals surface area contributed by atoms with Gasteiger partial charge < -0.3 is 10.2 Å². The topological polar surface area (TPSA) is 110 Å².